The summed E-state index contributed by atoms with van der Waals surface area (Å²) in [6.07, 6.45) is -8.56. The van der Waals surface area contributed by atoms with Gasteiger partial charge in [0.25, 0.3) is 10.0 Å². The van der Waals surface area contributed by atoms with E-state index in [-0.39, 0.29) is 28.1 Å². The fraction of sp³-hybridized carbons (Fsp3) is 0.455. The first kappa shape index (κ1) is 28.1. The summed E-state index contributed by atoms with van der Waals surface area (Å²) in [5.74, 6) is -5.70. The highest BCUT2D eigenvalue weighted by atomic mass is 32.2. The van der Waals surface area contributed by atoms with Crippen molar-refractivity contribution in [1.82, 2.24) is 24.2 Å². The molecule has 0 radical (unpaired) electrons. The Hall–Kier alpha value is -3.39. The maximum atomic E-state index is 14.9. The van der Waals surface area contributed by atoms with E-state index in [0.29, 0.717) is 4.57 Å². The average molecular weight is 587 g/mol. The van der Waals surface area contributed by atoms with Crippen LogP contribution in [0, 0.1) is 0 Å². The number of carbonyl (C=O) groups is 1. The van der Waals surface area contributed by atoms with E-state index in [1.54, 1.807) is 4.72 Å². The predicted octanol–water partition coefficient (Wildman–Crippen LogP) is -2.07. The minimum atomic E-state index is -5.28. The molecule has 8 N–H and O–H groups in total. The highest BCUT2D eigenvalue weighted by molar-refractivity contribution is 7.90. The van der Waals surface area contributed by atoms with E-state index in [0.717, 1.165) is 18.7 Å². The van der Waals surface area contributed by atoms with Crippen LogP contribution in [-0.2, 0) is 30.2 Å². The van der Waals surface area contributed by atoms with Gasteiger partial charge in [0.1, 0.15) is 42.6 Å². The van der Waals surface area contributed by atoms with Gasteiger partial charge >= 0.3 is 11.0 Å². The summed E-state index contributed by atoms with van der Waals surface area (Å²) in [5, 5.41) is 48.8. The Bertz CT molecular complexity index is 1590. The van der Waals surface area contributed by atoms with E-state index in [1.165, 1.54) is 18.2 Å². The molecule has 2 unspecified atom stereocenters. The van der Waals surface area contributed by atoms with Gasteiger partial charge in [-0.05, 0) is 17.5 Å². The molecule has 1 amide bonds. The van der Waals surface area contributed by atoms with Gasteiger partial charge in [-0.25, -0.2) is 28.1 Å². The molecule has 2 aromatic heterocycles. The summed E-state index contributed by atoms with van der Waals surface area (Å²) in [5.41, 5.74) is 1.75. The number of carbonyl (C=O) groups excluding carboxylic acids is 1. The van der Waals surface area contributed by atoms with Crippen molar-refractivity contribution in [3.63, 3.8) is 0 Å². The molecule has 1 aliphatic heterocycles. The maximum absolute atomic E-state index is 14.9. The second kappa shape index (κ2) is 9.33. The summed E-state index contributed by atoms with van der Waals surface area (Å²) in [6.45, 7) is -0.947. The van der Waals surface area contributed by atoms with Gasteiger partial charge in [0.15, 0.2) is 17.1 Å². The smallest absolute Gasteiger partial charge is 0.309 e. The van der Waals surface area contributed by atoms with Crippen molar-refractivity contribution in [2.45, 2.75) is 53.8 Å². The van der Waals surface area contributed by atoms with E-state index in [1.807, 2.05) is 0 Å². The lowest BCUT2D eigenvalue weighted by molar-refractivity contribution is -0.226. The van der Waals surface area contributed by atoms with Crippen LogP contribution in [0.2, 0.25) is 0 Å². The number of nitrogen functional groups attached to an aromatic ring is 1. The highest BCUT2D eigenvalue weighted by Gasteiger charge is 2.66. The molecule has 5 rings (SSSR count). The van der Waals surface area contributed by atoms with Crippen LogP contribution in [0.25, 0.3) is 11.2 Å². The summed E-state index contributed by atoms with van der Waals surface area (Å²) < 4.78 is 65.0. The monoisotopic (exact) mass is 586 g/mol. The van der Waals surface area contributed by atoms with Crippen molar-refractivity contribution in [3.8, 4) is 0 Å². The van der Waals surface area contributed by atoms with Crippen LogP contribution in [0.5, 0.6) is 0 Å². The standard InChI is InChI=1S/C22H24F2N6O9S/c23-21(24)16(34)10-3-1-2-4-11(10)20(21,36)6-5-13(32)29-40(37,38)22(17(35)15(33)12(7-31)39-22)30-9-28-14-18(25)26-8-27-19(14)30/h1-4,8-9,12,15-17,31,33-36H,5-7H2,(H,29,32)(H2,25,26,27)/t12-,15-,16?,17-,20?,22+/m1/s1. The molecule has 40 heavy (non-hydrogen) atoms. The number of rotatable bonds is 7. The Labute approximate surface area is 223 Å². The molecule has 0 spiro atoms. The Balaban J connectivity index is 1.49. The number of aliphatic hydroxyl groups is 5. The molecule has 18 heteroatoms. The number of hydrogen-bond donors (Lipinski definition) is 7. The van der Waals surface area contributed by atoms with Crippen LogP contribution in [0.1, 0.15) is 30.1 Å². The summed E-state index contributed by atoms with van der Waals surface area (Å²) in [6, 6.07) is 5.06. The van der Waals surface area contributed by atoms with E-state index in [2.05, 4.69) is 15.0 Å². The topological polar surface area (TPSA) is 243 Å². The summed E-state index contributed by atoms with van der Waals surface area (Å²) in [7, 11) is -5.28. The first-order valence-electron chi connectivity index (χ1n) is 11.7. The molecule has 6 atom stereocenters. The van der Waals surface area contributed by atoms with E-state index >= 15 is 0 Å². The molecule has 216 valence electrons. The van der Waals surface area contributed by atoms with Gasteiger partial charge in [0.2, 0.25) is 5.91 Å². The van der Waals surface area contributed by atoms with Crippen LogP contribution < -0.4 is 10.5 Å². The van der Waals surface area contributed by atoms with Crippen molar-refractivity contribution in [3.05, 3.63) is 48.0 Å². The number of halogens is 2. The molecule has 0 saturated carbocycles. The maximum Gasteiger partial charge on any atom is 0.309 e. The third kappa shape index (κ3) is 3.71. The van der Waals surface area contributed by atoms with Crippen LogP contribution in [0.15, 0.2) is 36.9 Å². The van der Waals surface area contributed by atoms with E-state index < -0.39 is 76.4 Å². The zero-order valence-corrected chi connectivity index (χ0v) is 21.1. The number of nitrogens with two attached hydrogens (primary N) is 1. The third-order valence-electron chi connectivity index (χ3n) is 7.22. The normalized spacial score (nSPS) is 31.4. The number of amides is 1. The minimum absolute atomic E-state index is 0.121. The fourth-order valence-electron chi connectivity index (χ4n) is 5.14. The van der Waals surface area contributed by atoms with E-state index in [9.17, 15) is 47.5 Å². The summed E-state index contributed by atoms with van der Waals surface area (Å²) in [4.78, 5) is 24.4. The quantitative estimate of drug-likeness (QED) is 0.157. The molecule has 1 saturated heterocycles. The molecule has 1 aromatic carbocycles. The lowest BCUT2D eigenvalue weighted by Crippen LogP contribution is -2.57. The molecule has 1 fully saturated rings. The van der Waals surface area contributed by atoms with Crippen LogP contribution in [0.4, 0.5) is 14.6 Å². The van der Waals surface area contributed by atoms with Crippen molar-refractivity contribution < 1.29 is 52.3 Å². The molecule has 15 nitrogen and oxygen atoms in total. The number of ether oxygens (including phenoxy) is 1. The third-order valence-corrected chi connectivity index (χ3v) is 9.02. The lowest BCUT2D eigenvalue weighted by Gasteiger charge is -2.33. The molecule has 3 heterocycles. The number of imidazole rings is 1. The van der Waals surface area contributed by atoms with Gasteiger partial charge < -0.3 is 36.0 Å². The number of fused-ring (bicyclic) bond motifs is 2. The van der Waals surface area contributed by atoms with Crippen molar-refractivity contribution >= 4 is 32.9 Å². The Morgan fingerprint density at radius 1 is 1.18 bits per heavy atom. The number of aromatic nitrogens is 4. The van der Waals surface area contributed by atoms with Crippen molar-refractivity contribution in [1.29, 1.82) is 0 Å². The zero-order chi connectivity index (χ0) is 29.3. The SMILES string of the molecule is Nc1ncnc2c1ncn2[C@]1(S(=O)(=O)NC(=O)CCC2(O)c3ccccc3C(O)C2(F)F)O[C@H](CO)[C@@H](O)[C@H]1O. The first-order valence-corrected chi connectivity index (χ1v) is 13.2. The average Bonchev–Trinajstić information content (AvgIpc) is 3.50. The summed E-state index contributed by atoms with van der Waals surface area (Å²) >= 11 is 0. The molecule has 0 bridgehead atoms. The number of benzene rings is 1. The Kier molecular flexibility index (Phi) is 6.57. The molecular formula is C22H24F2N6O9S. The Morgan fingerprint density at radius 3 is 2.55 bits per heavy atom. The van der Waals surface area contributed by atoms with Gasteiger partial charge in [-0.2, -0.15) is 8.78 Å². The number of alkyl halides is 2. The van der Waals surface area contributed by atoms with E-state index in [4.69, 9.17) is 10.5 Å². The van der Waals surface area contributed by atoms with Crippen LogP contribution in [0.3, 0.4) is 0 Å². The van der Waals surface area contributed by atoms with Gasteiger partial charge in [0, 0.05) is 6.42 Å². The molecule has 3 aromatic rings. The number of sulfonamides is 1. The lowest BCUT2D eigenvalue weighted by atomic mass is 9.88. The van der Waals surface area contributed by atoms with Gasteiger partial charge in [0.05, 0.1) is 6.61 Å². The number of nitrogens with one attached hydrogen (secondary N) is 1. The molecule has 1 aliphatic carbocycles. The minimum Gasteiger partial charge on any atom is -0.394 e. The van der Waals surface area contributed by atoms with Crippen LogP contribution >= 0.6 is 0 Å². The second-order valence-electron chi connectivity index (χ2n) is 9.45. The number of aliphatic hydroxyl groups excluding tert-OH is 4. The van der Waals surface area contributed by atoms with Crippen molar-refractivity contribution in [2.24, 2.45) is 0 Å². The van der Waals surface area contributed by atoms with Crippen molar-refractivity contribution in [2.75, 3.05) is 12.3 Å². The number of anilines is 1. The largest absolute Gasteiger partial charge is 0.394 e. The van der Waals surface area contributed by atoms with Crippen LogP contribution in [-0.4, -0.2) is 90.2 Å². The predicted molar refractivity (Wildman–Crippen MR) is 128 cm³/mol. The second-order valence-corrected chi connectivity index (χ2v) is 11.2. The number of hydrogen-bond acceptors (Lipinski definition) is 13. The van der Waals surface area contributed by atoms with Gasteiger partial charge in [-0.15, -0.1) is 0 Å². The Morgan fingerprint density at radius 2 is 1.88 bits per heavy atom. The fourth-order valence-corrected chi connectivity index (χ4v) is 6.78. The first-order chi connectivity index (χ1) is 18.7. The molecule has 2 aliphatic rings. The number of nitrogens with zero attached hydrogens (tertiary/aromatic N) is 4. The zero-order valence-electron chi connectivity index (χ0n) is 20.3. The highest BCUT2D eigenvalue weighted by Crippen LogP contribution is 2.56. The van der Waals surface area contributed by atoms with Gasteiger partial charge in [-0.3, -0.25) is 9.36 Å². The molecular weight excluding hydrogens is 562 g/mol. The van der Waals surface area contributed by atoms with Gasteiger partial charge in [-0.1, -0.05) is 24.3 Å².